The predicted molar refractivity (Wildman–Crippen MR) is 98.9 cm³/mol. The monoisotopic (exact) mass is 358 g/mol. The lowest BCUT2D eigenvalue weighted by Gasteiger charge is -2.16. The van der Waals surface area contributed by atoms with Crippen molar-refractivity contribution in [2.45, 2.75) is 39.3 Å². The van der Waals surface area contributed by atoms with Gasteiger partial charge in [0.1, 0.15) is 12.4 Å². The highest BCUT2D eigenvalue weighted by Crippen LogP contribution is 2.42. The lowest BCUT2D eigenvalue weighted by atomic mass is 10.1. The average molecular weight is 358 g/mol. The molecule has 6 heteroatoms. The summed E-state index contributed by atoms with van der Waals surface area (Å²) < 4.78 is 5.73. The van der Waals surface area contributed by atoms with Crippen LogP contribution in [0, 0.1) is 0 Å². The molecule has 2 amide bonds. The van der Waals surface area contributed by atoms with Crippen molar-refractivity contribution in [2.75, 3.05) is 6.54 Å². The lowest BCUT2D eigenvalue weighted by Crippen LogP contribution is -2.35. The second kappa shape index (κ2) is 7.70. The minimum Gasteiger partial charge on any atom is -0.488 e. The summed E-state index contributed by atoms with van der Waals surface area (Å²) in [6.45, 7) is 4.80. The van der Waals surface area contributed by atoms with E-state index in [1.54, 1.807) is 0 Å². The number of amides is 2. The first-order valence-corrected chi connectivity index (χ1v) is 9.32. The van der Waals surface area contributed by atoms with Crippen LogP contribution in [0.25, 0.3) is 10.4 Å². The van der Waals surface area contributed by atoms with Gasteiger partial charge >= 0.3 is 0 Å². The van der Waals surface area contributed by atoms with Crippen molar-refractivity contribution in [3.8, 4) is 16.2 Å². The number of fused-ring (bicyclic) bond motifs is 3. The fraction of sp³-hybridized carbons (Fsp3) is 0.368. The van der Waals surface area contributed by atoms with Gasteiger partial charge in [-0.15, -0.1) is 11.3 Å². The summed E-state index contributed by atoms with van der Waals surface area (Å²) >= 11 is 1.47. The normalized spacial score (nSPS) is 13.2. The van der Waals surface area contributed by atoms with Crippen LogP contribution in [0.1, 0.15) is 41.9 Å². The number of carbonyl (C=O) groups is 2. The summed E-state index contributed by atoms with van der Waals surface area (Å²) in [7, 11) is 0. The third kappa shape index (κ3) is 4.02. The Morgan fingerprint density at radius 2 is 2.12 bits per heavy atom. The molecule has 1 aliphatic rings. The molecule has 0 spiro atoms. The molecule has 0 aliphatic carbocycles. The van der Waals surface area contributed by atoms with E-state index in [9.17, 15) is 9.59 Å². The Labute approximate surface area is 151 Å². The lowest BCUT2D eigenvalue weighted by molar-refractivity contribution is -0.121. The highest BCUT2D eigenvalue weighted by atomic mass is 32.1. The van der Waals surface area contributed by atoms with E-state index in [0.717, 1.165) is 28.2 Å². The fourth-order valence-electron chi connectivity index (χ4n) is 2.64. The van der Waals surface area contributed by atoms with Gasteiger partial charge in [-0.3, -0.25) is 9.59 Å². The van der Waals surface area contributed by atoms with E-state index in [1.807, 2.05) is 44.2 Å². The van der Waals surface area contributed by atoms with Crippen LogP contribution in [0.5, 0.6) is 5.75 Å². The minimum absolute atomic E-state index is 0.0394. The Morgan fingerprint density at radius 3 is 2.92 bits per heavy atom. The molecule has 0 saturated heterocycles. The quantitative estimate of drug-likeness (QED) is 0.832. The van der Waals surface area contributed by atoms with Crippen molar-refractivity contribution in [1.29, 1.82) is 0 Å². The Kier molecular flexibility index (Phi) is 5.38. The van der Waals surface area contributed by atoms with Crippen LogP contribution < -0.4 is 15.4 Å². The number of thiophene rings is 1. The first-order chi connectivity index (χ1) is 12.1. The zero-order valence-electron chi connectivity index (χ0n) is 14.4. The maximum Gasteiger partial charge on any atom is 0.261 e. The van der Waals surface area contributed by atoms with Gasteiger partial charge in [-0.1, -0.05) is 19.1 Å². The van der Waals surface area contributed by atoms with Gasteiger partial charge in [0.05, 0.1) is 4.88 Å². The maximum absolute atomic E-state index is 12.4. The van der Waals surface area contributed by atoms with Crippen LogP contribution in [0.2, 0.25) is 0 Å². The number of hydrogen-bond donors (Lipinski definition) is 2. The number of hydrogen-bond acceptors (Lipinski definition) is 4. The largest absolute Gasteiger partial charge is 0.488 e. The van der Waals surface area contributed by atoms with Crippen molar-refractivity contribution in [1.82, 2.24) is 10.6 Å². The third-order valence-corrected chi connectivity index (χ3v) is 5.41. The molecular formula is C19H22N2O3S. The van der Waals surface area contributed by atoms with Gasteiger partial charge in [0.15, 0.2) is 0 Å². The van der Waals surface area contributed by atoms with Crippen LogP contribution in [0.15, 0.2) is 30.3 Å². The Balaban J connectivity index is 1.60. The molecule has 1 atom stereocenters. The molecule has 5 nitrogen and oxygen atoms in total. The molecule has 25 heavy (non-hydrogen) atoms. The number of para-hydroxylation sites is 1. The van der Waals surface area contributed by atoms with Crippen LogP contribution in [0.3, 0.4) is 0 Å². The maximum atomic E-state index is 12.4. The smallest absolute Gasteiger partial charge is 0.261 e. The van der Waals surface area contributed by atoms with E-state index in [4.69, 9.17) is 4.74 Å². The molecule has 1 aliphatic heterocycles. The van der Waals surface area contributed by atoms with Crippen LogP contribution >= 0.6 is 11.3 Å². The third-order valence-electron chi connectivity index (χ3n) is 4.21. The Morgan fingerprint density at radius 1 is 1.32 bits per heavy atom. The zero-order valence-corrected chi connectivity index (χ0v) is 15.2. The summed E-state index contributed by atoms with van der Waals surface area (Å²) in [5.41, 5.74) is 2.06. The Bertz CT molecular complexity index is 785. The molecular weight excluding hydrogens is 336 g/mol. The minimum atomic E-state index is -0.145. The van der Waals surface area contributed by atoms with Crippen LogP contribution in [-0.2, 0) is 11.4 Å². The van der Waals surface area contributed by atoms with E-state index < -0.39 is 0 Å². The molecule has 0 bridgehead atoms. The van der Waals surface area contributed by atoms with Gasteiger partial charge in [0.25, 0.3) is 5.91 Å². The van der Waals surface area contributed by atoms with Crippen molar-refractivity contribution in [3.05, 3.63) is 40.8 Å². The van der Waals surface area contributed by atoms with Crippen LogP contribution in [0.4, 0.5) is 0 Å². The van der Waals surface area contributed by atoms with Gasteiger partial charge in [-0.25, -0.2) is 0 Å². The average Bonchev–Trinajstić information content (AvgIpc) is 3.06. The predicted octanol–water partition coefficient (Wildman–Crippen LogP) is 3.34. The molecule has 0 fully saturated rings. The summed E-state index contributed by atoms with van der Waals surface area (Å²) in [6, 6.07) is 9.89. The molecule has 2 N–H and O–H groups in total. The SMILES string of the molecule is CCC(C)NC(=O)CCNC(=O)c1cc2c(s1)-c1ccccc1OC2. The number of benzene rings is 1. The van der Waals surface area contributed by atoms with Crippen LogP contribution in [-0.4, -0.2) is 24.4 Å². The topological polar surface area (TPSA) is 67.4 Å². The van der Waals surface area contributed by atoms with Crippen molar-refractivity contribution in [2.24, 2.45) is 0 Å². The molecule has 3 rings (SSSR count). The number of ether oxygens (including phenoxy) is 1. The summed E-state index contributed by atoms with van der Waals surface area (Å²) in [5.74, 6) is 0.668. The van der Waals surface area contributed by atoms with E-state index in [0.29, 0.717) is 18.0 Å². The molecule has 132 valence electrons. The van der Waals surface area contributed by atoms with Gasteiger partial charge in [-0.2, -0.15) is 0 Å². The van der Waals surface area contributed by atoms with Crippen molar-refractivity contribution >= 4 is 23.2 Å². The Hall–Kier alpha value is -2.34. The number of nitrogens with one attached hydrogen (secondary N) is 2. The highest BCUT2D eigenvalue weighted by Gasteiger charge is 2.22. The highest BCUT2D eigenvalue weighted by molar-refractivity contribution is 7.17. The summed E-state index contributed by atoms with van der Waals surface area (Å²) in [4.78, 5) is 25.8. The molecule has 1 aromatic carbocycles. The standard InChI is InChI=1S/C19H22N2O3S/c1-3-12(2)21-17(22)8-9-20-19(23)16-10-13-11-24-15-7-5-4-6-14(15)18(13)25-16/h4-7,10,12H,3,8-9,11H2,1-2H3,(H,20,23)(H,21,22). The number of rotatable bonds is 6. The molecule has 2 aromatic rings. The first kappa shape index (κ1) is 17.5. The van der Waals surface area contributed by atoms with Gasteiger partial charge in [0.2, 0.25) is 5.91 Å². The van der Waals surface area contributed by atoms with Gasteiger partial charge in [-0.05, 0) is 31.5 Å². The van der Waals surface area contributed by atoms with Crippen molar-refractivity contribution in [3.63, 3.8) is 0 Å². The first-order valence-electron chi connectivity index (χ1n) is 8.51. The van der Waals surface area contributed by atoms with E-state index >= 15 is 0 Å². The second-order valence-electron chi connectivity index (χ2n) is 6.13. The molecule has 1 aromatic heterocycles. The zero-order chi connectivity index (χ0) is 17.8. The van der Waals surface area contributed by atoms with E-state index in [-0.39, 0.29) is 24.3 Å². The fourth-order valence-corrected chi connectivity index (χ4v) is 3.75. The molecule has 0 radical (unpaired) electrons. The molecule has 1 unspecified atom stereocenters. The second-order valence-corrected chi connectivity index (χ2v) is 7.18. The summed E-state index contributed by atoms with van der Waals surface area (Å²) in [6.07, 6.45) is 1.18. The molecule has 0 saturated carbocycles. The van der Waals surface area contributed by atoms with E-state index in [1.165, 1.54) is 11.3 Å². The summed E-state index contributed by atoms with van der Waals surface area (Å²) in [5, 5.41) is 5.71. The molecule has 2 heterocycles. The van der Waals surface area contributed by atoms with Crippen molar-refractivity contribution < 1.29 is 14.3 Å². The van der Waals surface area contributed by atoms with Gasteiger partial charge < -0.3 is 15.4 Å². The number of carbonyl (C=O) groups excluding carboxylic acids is 2. The van der Waals surface area contributed by atoms with E-state index in [2.05, 4.69) is 10.6 Å². The van der Waals surface area contributed by atoms with Gasteiger partial charge in [0, 0.05) is 35.0 Å².